The number of nitrogens with one attached hydrogen (secondary N) is 3. The van der Waals surface area contributed by atoms with Crippen LogP contribution in [0.5, 0.6) is 5.88 Å². The first kappa shape index (κ1) is 18.5. The van der Waals surface area contributed by atoms with Gasteiger partial charge in [-0.3, -0.25) is 19.6 Å². The zero-order chi connectivity index (χ0) is 19.4. The van der Waals surface area contributed by atoms with Crippen LogP contribution in [0.2, 0.25) is 0 Å². The molecule has 1 atom stereocenters. The highest BCUT2D eigenvalue weighted by atomic mass is 19.3. The minimum atomic E-state index is -2.94. The van der Waals surface area contributed by atoms with Crippen LogP contribution in [0.25, 0.3) is 0 Å². The fraction of sp³-hybridized carbons (Fsp3) is 0.375. The van der Waals surface area contributed by atoms with Crippen molar-refractivity contribution in [3.8, 4) is 5.88 Å². The number of carbonyl (C=O) groups is 1. The van der Waals surface area contributed by atoms with Crippen LogP contribution in [-0.4, -0.2) is 45.3 Å². The molecular formula is C16H19F2N7O2. The summed E-state index contributed by atoms with van der Waals surface area (Å²) in [5.74, 6) is 0.392. The molecule has 0 unspecified atom stereocenters. The van der Waals surface area contributed by atoms with Crippen molar-refractivity contribution in [3.63, 3.8) is 0 Å². The van der Waals surface area contributed by atoms with Crippen LogP contribution in [0, 0.1) is 12.8 Å². The fourth-order valence-electron chi connectivity index (χ4n) is 2.66. The van der Waals surface area contributed by atoms with Crippen molar-refractivity contribution in [3.05, 3.63) is 30.2 Å². The van der Waals surface area contributed by atoms with Gasteiger partial charge in [0.2, 0.25) is 11.8 Å². The highest BCUT2D eigenvalue weighted by molar-refractivity contribution is 5.84. The molecule has 2 aromatic heterocycles. The molecule has 1 aliphatic rings. The zero-order valence-corrected chi connectivity index (χ0v) is 14.6. The van der Waals surface area contributed by atoms with E-state index in [1.165, 1.54) is 12.3 Å². The monoisotopic (exact) mass is 379 g/mol. The molecule has 0 saturated carbocycles. The third-order valence-electron chi connectivity index (χ3n) is 3.99. The summed E-state index contributed by atoms with van der Waals surface area (Å²) in [6.45, 7) is 4.03. The molecule has 1 fully saturated rings. The summed E-state index contributed by atoms with van der Waals surface area (Å²) in [4.78, 5) is 15.6. The van der Waals surface area contributed by atoms with Crippen molar-refractivity contribution in [1.29, 1.82) is 0 Å². The number of allylic oxidation sites excluding steroid dienone is 1. The van der Waals surface area contributed by atoms with E-state index in [1.807, 2.05) is 11.6 Å². The molecule has 0 radical (unpaired) electrons. The highest BCUT2D eigenvalue weighted by Gasteiger charge is 2.22. The van der Waals surface area contributed by atoms with Crippen molar-refractivity contribution in [2.45, 2.75) is 26.5 Å². The Hall–Kier alpha value is -3.24. The Balaban J connectivity index is 1.56. The number of ether oxygens (including phenoxy) is 1. The number of aliphatic imine (C=N–C) groups is 1. The molecule has 1 amide bonds. The van der Waals surface area contributed by atoms with Crippen molar-refractivity contribution in [1.82, 2.24) is 25.3 Å². The van der Waals surface area contributed by atoms with E-state index in [1.54, 1.807) is 6.20 Å². The molecule has 3 heterocycles. The number of hydrogen-bond acceptors (Lipinski definition) is 6. The summed E-state index contributed by atoms with van der Waals surface area (Å²) in [7, 11) is 0. The summed E-state index contributed by atoms with van der Waals surface area (Å²) in [5.41, 5.74) is 1.95. The number of hydrogen-bond donors (Lipinski definition) is 3. The minimum Gasteiger partial charge on any atom is -0.415 e. The maximum absolute atomic E-state index is 12.1. The first-order chi connectivity index (χ1) is 12.9. The summed E-state index contributed by atoms with van der Waals surface area (Å²) in [6, 6.07) is 1.28. The molecule has 0 aliphatic carbocycles. The first-order valence-electron chi connectivity index (χ1n) is 8.20. The lowest BCUT2D eigenvalue weighted by Crippen LogP contribution is -2.17. The van der Waals surface area contributed by atoms with Gasteiger partial charge in [0.25, 0.3) is 0 Å². The van der Waals surface area contributed by atoms with Crippen molar-refractivity contribution < 1.29 is 18.3 Å². The van der Waals surface area contributed by atoms with Gasteiger partial charge in [0.15, 0.2) is 0 Å². The van der Waals surface area contributed by atoms with Crippen LogP contribution in [0.1, 0.15) is 12.1 Å². The number of rotatable bonds is 8. The second-order valence-corrected chi connectivity index (χ2v) is 6.08. The van der Waals surface area contributed by atoms with E-state index < -0.39 is 6.61 Å². The summed E-state index contributed by atoms with van der Waals surface area (Å²) >= 11 is 0. The average molecular weight is 379 g/mol. The van der Waals surface area contributed by atoms with Crippen molar-refractivity contribution in [2.75, 3.05) is 11.9 Å². The Morgan fingerprint density at radius 1 is 1.63 bits per heavy atom. The van der Waals surface area contributed by atoms with E-state index in [0.29, 0.717) is 36.7 Å². The summed E-state index contributed by atoms with van der Waals surface area (Å²) in [5, 5.41) is 16.0. The molecule has 3 rings (SSSR count). The normalized spacial score (nSPS) is 16.9. The summed E-state index contributed by atoms with van der Waals surface area (Å²) in [6.07, 6.45) is 3.62. The predicted molar refractivity (Wildman–Crippen MR) is 94.2 cm³/mol. The number of aromatic amines is 1. The van der Waals surface area contributed by atoms with Crippen LogP contribution in [-0.2, 0) is 11.3 Å². The third kappa shape index (κ3) is 4.90. The smallest absolute Gasteiger partial charge is 0.388 e. The summed E-state index contributed by atoms with van der Waals surface area (Å²) < 4.78 is 30.2. The Bertz CT molecular complexity index is 859. The average Bonchev–Trinajstić information content (AvgIpc) is 3.29. The van der Waals surface area contributed by atoms with E-state index in [4.69, 9.17) is 0 Å². The van der Waals surface area contributed by atoms with E-state index in [-0.39, 0.29) is 17.7 Å². The van der Waals surface area contributed by atoms with Crippen LogP contribution in [0.4, 0.5) is 20.3 Å². The maximum Gasteiger partial charge on any atom is 0.388 e. The van der Waals surface area contributed by atoms with Gasteiger partial charge >= 0.3 is 6.61 Å². The number of aromatic nitrogens is 4. The van der Waals surface area contributed by atoms with Gasteiger partial charge in [0.05, 0.1) is 23.8 Å². The number of alkyl halides is 2. The Morgan fingerprint density at radius 3 is 3.15 bits per heavy atom. The molecule has 1 saturated heterocycles. The molecule has 0 aromatic carbocycles. The lowest BCUT2D eigenvalue weighted by molar-refractivity contribution is -0.119. The molecular weight excluding hydrogens is 360 g/mol. The van der Waals surface area contributed by atoms with Crippen LogP contribution in [0.15, 0.2) is 29.5 Å². The molecule has 3 N–H and O–H groups in total. The molecule has 1 aliphatic heterocycles. The Labute approximate surface area is 153 Å². The highest BCUT2D eigenvalue weighted by Crippen LogP contribution is 2.21. The van der Waals surface area contributed by atoms with Gasteiger partial charge in [-0.1, -0.05) is 6.58 Å². The number of H-pyrrole nitrogens is 1. The zero-order valence-electron chi connectivity index (χ0n) is 14.6. The number of halogens is 2. The van der Waals surface area contributed by atoms with Crippen molar-refractivity contribution in [2.24, 2.45) is 10.9 Å². The van der Waals surface area contributed by atoms with Gasteiger partial charge in [-0.2, -0.15) is 13.9 Å². The fourth-order valence-corrected chi connectivity index (χ4v) is 2.66. The molecule has 0 spiro atoms. The number of nitrogens with zero attached hydrogens (tertiary/aromatic N) is 4. The quantitative estimate of drug-likeness (QED) is 0.608. The lowest BCUT2D eigenvalue weighted by Gasteiger charge is -2.09. The van der Waals surface area contributed by atoms with E-state index in [2.05, 4.69) is 42.2 Å². The van der Waals surface area contributed by atoms with Gasteiger partial charge in [-0.25, -0.2) is 0 Å². The lowest BCUT2D eigenvalue weighted by atomic mass is 10.1. The van der Waals surface area contributed by atoms with Gasteiger partial charge in [0, 0.05) is 31.5 Å². The van der Waals surface area contributed by atoms with Gasteiger partial charge in [-0.05, 0) is 6.92 Å². The molecule has 9 nitrogen and oxygen atoms in total. The van der Waals surface area contributed by atoms with E-state index in [9.17, 15) is 13.6 Å². The van der Waals surface area contributed by atoms with Crippen molar-refractivity contribution >= 4 is 23.6 Å². The number of anilines is 1. The van der Waals surface area contributed by atoms with Crippen LogP contribution < -0.4 is 15.4 Å². The van der Waals surface area contributed by atoms with Gasteiger partial charge < -0.3 is 15.4 Å². The van der Waals surface area contributed by atoms with Gasteiger partial charge in [0.1, 0.15) is 11.5 Å². The molecule has 2 aromatic rings. The maximum atomic E-state index is 12.1. The molecule has 144 valence electrons. The molecule has 11 heteroatoms. The standard InChI is InChI=1S/C16H19F2N7O2/c1-9(22-13-4-15(24-23-13)27-16(17)18)5-19-12-7-21-25(10(12)2)8-11-3-14(26)20-6-11/h4-5,7,11,16H,1,3,6,8H2,2H3,(H,20,26)(H2,22,23,24)/t11-/m1/s1. The second kappa shape index (κ2) is 7.98. The molecule has 0 bridgehead atoms. The second-order valence-electron chi connectivity index (χ2n) is 6.08. The van der Waals surface area contributed by atoms with Crippen LogP contribution in [0.3, 0.4) is 0 Å². The Kier molecular flexibility index (Phi) is 5.48. The third-order valence-corrected chi connectivity index (χ3v) is 3.99. The minimum absolute atomic E-state index is 0.0614. The Morgan fingerprint density at radius 2 is 2.44 bits per heavy atom. The largest absolute Gasteiger partial charge is 0.415 e. The number of amides is 1. The number of carbonyl (C=O) groups excluding carboxylic acids is 1. The van der Waals surface area contributed by atoms with Gasteiger partial charge in [-0.15, -0.1) is 5.10 Å². The predicted octanol–water partition coefficient (Wildman–Crippen LogP) is 1.98. The SMILES string of the molecule is C=C(C=Nc1cnn(C[C@H]2CNC(=O)C2)c1C)Nc1cc(OC(F)F)n[nH]1. The van der Waals surface area contributed by atoms with E-state index >= 15 is 0 Å². The van der Waals surface area contributed by atoms with E-state index in [0.717, 1.165) is 5.69 Å². The van der Waals surface area contributed by atoms with Crippen LogP contribution >= 0.6 is 0 Å². The topological polar surface area (TPSA) is 109 Å². The first-order valence-corrected chi connectivity index (χ1v) is 8.20. The molecule has 27 heavy (non-hydrogen) atoms.